The van der Waals surface area contributed by atoms with E-state index >= 15 is 0 Å². The maximum atomic E-state index is 4.77. The maximum absolute atomic E-state index is 4.77. The van der Waals surface area contributed by atoms with Gasteiger partial charge in [0.1, 0.15) is 5.82 Å². The van der Waals surface area contributed by atoms with E-state index in [0.717, 1.165) is 23.9 Å². The number of aromatic nitrogens is 4. The summed E-state index contributed by atoms with van der Waals surface area (Å²) in [6.07, 6.45) is 9.85. The third-order valence-electron chi connectivity index (χ3n) is 3.76. The zero-order valence-electron chi connectivity index (χ0n) is 11.5. The molecule has 100 valence electrons. The van der Waals surface area contributed by atoms with Crippen LogP contribution in [0.25, 0.3) is 5.82 Å². The molecule has 3 heterocycles. The zero-order chi connectivity index (χ0) is 13.2. The van der Waals surface area contributed by atoms with E-state index in [9.17, 15) is 0 Å². The van der Waals surface area contributed by atoms with Gasteiger partial charge >= 0.3 is 0 Å². The fraction of sp³-hybridized carbons (Fsp3) is 0.500. The van der Waals surface area contributed by atoms with Gasteiger partial charge in [0.05, 0.1) is 11.9 Å². The molecule has 0 bridgehead atoms. The molecule has 0 amide bonds. The van der Waals surface area contributed by atoms with Gasteiger partial charge in [-0.05, 0) is 33.4 Å². The molecule has 0 unspecified atom stereocenters. The lowest BCUT2D eigenvalue weighted by molar-refractivity contribution is 0.248. The third-order valence-corrected chi connectivity index (χ3v) is 3.76. The van der Waals surface area contributed by atoms with Gasteiger partial charge in [0.2, 0.25) is 0 Å². The van der Waals surface area contributed by atoms with Crippen molar-refractivity contribution in [2.75, 3.05) is 20.1 Å². The molecule has 2 aromatic rings. The number of hydrogen-bond donors (Lipinski definition) is 0. The highest BCUT2D eigenvalue weighted by Gasteiger charge is 2.20. The first-order valence-electron chi connectivity index (χ1n) is 6.75. The highest BCUT2D eigenvalue weighted by Crippen LogP contribution is 2.24. The Morgan fingerprint density at radius 3 is 2.95 bits per heavy atom. The number of likely N-dealkylation sites (tertiary alicyclic amines) is 1. The standard InChI is InChI=1S/C14H19N5/c1-11-16-5-7-19(11)14-9-15-8-13(17-14)12-4-3-6-18(2)10-12/h5,7-9,12H,3-4,6,10H2,1-2H3/t12-/m1/s1. The van der Waals surface area contributed by atoms with Crippen molar-refractivity contribution in [3.8, 4) is 5.82 Å². The van der Waals surface area contributed by atoms with Crippen LogP contribution in [0, 0.1) is 6.92 Å². The van der Waals surface area contributed by atoms with Crippen molar-refractivity contribution in [2.24, 2.45) is 0 Å². The second-order valence-corrected chi connectivity index (χ2v) is 5.25. The normalized spacial score (nSPS) is 20.6. The van der Waals surface area contributed by atoms with Gasteiger partial charge in [0, 0.05) is 31.1 Å². The van der Waals surface area contributed by atoms with Crippen molar-refractivity contribution < 1.29 is 0 Å². The Kier molecular flexibility index (Phi) is 3.29. The van der Waals surface area contributed by atoms with Crippen LogP contribution in [0.2, 0.25) is 0 Å². The first kappa shape index (κ1) is 12.3. The van der Waals surface area contributed by atoms with Crippen molar-refractivity contribution in [1.82, 2.24) is 24.4 Å². The Morgan fingerprint density at radius 1 is 1.32 bits per heavy atom. The van der Waals surface area contributed by atoms with E-state index in [4.69, 9.17) is 4.98 Å². The summed E-state index contributed by atoms with van der Waals surface area (Å²) in [7, 11) is 2.17. The lowest BCUT2D eigenvalue weighted by Crippen LogP contribution is -2.31. The van der Waals surface area contributed by atoms with Gasteiger partial charge in [0.25, 0.3) is 0 Å². The summed E-state index contributed by atoms with van der Waals surface area (Å²) in [6, 6.07) is 0. The van der Waals surface area contributed by atoms with Gasteiger partial charge in [-0.1, -0.05) is 0 Å². The molecule has 0 aliphatic carbocycles. The van der Waals surface area contributed by atoms with E-state index in [0.29, 0.717) is 5.92 Å². The van der Waals surface area contributed by atoms with Crippen molar-refractivity contribution in [3.05, 3.63) is 36.3 Å². The number of aryl methyl sites for hydroxylation is 1. The molecule has 5 nitrogen and oxygen atoms in total. The molecule has 1 fully saturated rings. The highest BCUT2D eigenvalue weighted by molar-refractivity contribution is 5.23. The van der Waals surface area contributed by atoms with Crippen LogP contribution in [0.1, 0.15) is 30.3 Å². The van der Waals surface area contributed by atoms with Crippen molar-refractivity contribution in [3.63, 3.8) is 0 Å². The van der Waals surface area contributed by atoms with Gasteiger partial charge in [-0.3, -0.25) is 9.55 Å². The number of hydrogen-bond acceptors (Lipinski definition) is 4. The second-order valence-electron chi connectivity index (χ2n) is 5.25. The average molecular weight is 257 g/mol. The van der Waals surface area contributed by atoms with Crippen molar-refractivity contribution in [2.45, 2.75) is 25.7 Å². The number of piperidine rings is 1. The molecule has 3 rings (SSSR count). The SMILES string of the molecule is Cc1nccn1-c1cncc([C@@H]2CCCN(C)C2)n1. The van der Waals surface area contributed by atoms with Gasteiger partial charge < -0.3 is 4.90 Å². The van der Waals surface area contributed by atoms with E-state index in [1.807, 2.05) is 23.9 Å². The number of rotatable bonds is 2. The molecule has 0 radical (unpaired) electrons. The molecule has 0 spiro atoms. The summed E-state index contributed by atoms with van der Waals surface area (Å²) in [4.78, 5) is 15.7. The van der Waals surface area contributed by atoms with Crippen LogP contribution >= 0.6 is 0 Å². The fourth-order valence-electron chi connectivity index (χ4n) is 2.71. The highest BCUT2D eigenvalue weighted by atomic mass is 15.1. The Hall–Kier alpha value is -1.75. The lowest BCUT2D eigenvalue weighted by Gasteiger charge is -2.29. The topological polar surface area (TPSA) is 46.8 Å². The van der Waals surface area contributed by atoms with E-state index in [2.05, 4.69) is 21.9 Å². The van der Waals surface area contributed by atoms with E-state index in [1.165, 1.54) is 19.4 Å². The van der Waals surface area contributed by atoms with Crippen LogP contribution in [-0.4, -0.2) is 44.6 Å². The first-order chi connectivity index (χ1) is 9.24. The number of imidazole rings is 1. The van der Waals surface area contributed by atoms with Gasteiger partial charge in [-0.15, -0.1) is 0 Å². The number of likely N-dealkylation sites (N-methyl/N-ethyl adjacent to an activating group) is 1. The van der Waals surface area contributed by atoms with E-state index in [1.54, 1.807) is 12.4 Å². The zero-order valence-corrected chi connectivity index (χ0v) is 11.5. The van der Waals surface area contributed by atoms with Crippen LogP contribution in [-0.2, 0) is 0 Å². The average Bonchev–Trinajstić information content (AvgIpc) is 2.85. The maximum Gasteiger partial charge on any atom is 0.156 e. The predicted molar refractivity (Wildman–Crippen MR) is 73.4 cm³/mol. The van der Waals surface area contributed by atoms with Gasteiger partial charge in [-0.25, -0.2) is 9.97 Å². The quantitative estimate of drug-likeness (QED) is 0.822. The summed E-state index contributed by atoms with van der Waals surface area (Å²) in [5.74, 6) is 2.29. The molecule has 0 saturated carbocycles. The molecule has 5 heteroatoms. The third kappa shape index (κ3) is 2.51. The molecule has 0 aromatic carbocycles. The van der Waals surface area contributed by atoms with Crippen LogP contribution < -0.4 is 0 Å². The Morgan fingerprint density at radius 2 is 2.21 bits per heavy atom. The molecule has 1 aliphatic rings. The summed E-state index contributed by atoms with van der Waals surface area (Å²) < 4.78 is 1.98. The molecule has 19 heavy (non-hydrogen) atoms. The summed E-state index contributed by atoms with van der Waals surface area (Å²) >= 11 is 0. The van der Waals surface area contributed by atoms with Crippen LogP contribution in [0.3, 0.4) is 0 Å². The lowest BCUT2D eigenvalue weighted by atomic mass is 9.95. The minimum absolute atomic E-state index is 0.495. The molecule has 0 N–H and O–H groups in total. The van der Waals surface area contributed by atoms with Gasteiger partial charge in [-0.2, -0.15) is 0 Å². The number of nitrogens with zero attached hydrogens (tertiary/aromatic N) is 5. The summed E-state index contributed by atoms with van der Waals surface area (Å²) in [5, 5.41) is 0. The van der Waals surface area contributed by atoms with Crippen LogP contribution in [0.4, 0.5) is 0 Å². The molecule has 1 atom stereocenters. The summed E-state index contributed by atoms with van der Waals surface area (Å²) in [6.45, 7) is 4.23. The minimum Gasteiger partial charge on any atom is -0.306 e. The largest absolute Gasteiger partial charge is 0.306 e. The Balaban J connectivity index is 1.90. The van der Waals surface area contributed by atoms with Crippen molar-refractivity contribution in [1.29, 1.82) is 0 Å². The second kappa shape index (κ2) is 5.09. The van der Waals surface area contributed by atoms with Crippen LogP contribution in [0.15, 0.2) is 24.8 Å². The predicted octanol–water partition coefficient (Wildman–Crippen LogP) is 1.78. The first-order valence-corrected chi connectivity index (χ1v) is 6.75. The van der Waals surface area contributed by atoms with Gasteiger partial charge in [0.15, 0.2) is 5.82 Å². The van der Waals surface area contributed by atoms with Crippen LogP contribution in [0.5, 0.6) is 0 Å². The molecule has 1 aliphatic heterocycles. The molecular weight excluding hydrogens is 238 g/mol. The Labute approximate surface area is 113 Å². The molecule has 2 aromatic heterocycles. The molecular formula is C14H19N5. The summed E-state index contributed by atoms with van der Waals surface area (Å²) in [5.41, 5.74) is 1.09. The Bertz CT molecular complexity index is 562. The fourth-order valence-corrected chi connectivity index (χ4v) is 2.71. The smallest absolute Gasteiger partial charge is 0.156 e. The molecule has 1 saturated heterocycles. The monoisotopic (exact) mass is 257 g/mol. The van der Waals surface area contributed by atoms with Crippen molar-refractivity contribution >= 4 is 0 Å². The van der Waals surface area contributed by atoms with E-state index in [-0.39, 0.29) is 0 Å². The minimum atomic E-state index is 0.495. The van der Waals surface area contributed by atoms with E-state index < -0.39 is 0 Å².